The molecule has 0 unspecified atom stereocenters. The highest BCUT2D eigenvalue weighted by Crippen LogP contribution is 2.11. The normalized spacial score (nSPS) is 11.5. The fourth-order valence-corrected chi connectivity index (χ4v) is 1.27. The molecule has 0 heterocycles. The van der Waals surface area contributed by atoms with Gasteiger partial charge in [-0.3, -0.25) is 4.79 Å². The van der Waals surface area contributed by atoms with Gasteiger partial charge in [-0.1, -0.05) is 26.2 Å². The van der Waals surface area contributed by atoms with Crippen LogP contribution in [0, 0.1) is 0 Å². The number of aldehydes is 1. The van der Waals surface area contributed by atoms with Gasteiger partial charge in [0, 0.05) is 19.8 Å². The molecule has 0 aromatic heterocycles. The molecule has 0 rings (SSSR count). The van der Waals surface area contributed by atoms with E-state index in [1.807, 2.05) is 19.0 Å². The molecule has 0 fully saturated rings. The van der Waals surface area contributed by atoms with E-state index in [1.165, 1.54) is 25.7 Å². The first-order valence-electron chi connectivity index (χ1n) is 5.04. The van der Waals surface area contributed by atoms with E-state index in [1.54, 1.807) is 6.08 Å². The van der Waals surface area contributed by atoms with Crippen molar-refractivity contribution in [1.29, 1.82) is 0 Å². The smallest absolute Gasteiger partial charge is 0.144 e. The van der Waals surface area contributed by atoms with Gasteiger partial charge in [-0.15, -0.1) is 0 Å². The third kappa shape index (κ3) is 6.38. The second kappa shape index (κ2) is 7.84. The second-order valence-corrected chi connectivity index (χ2v) is 3.50. The van der Waals surface area contributed by atoms with Crippen molar-refractivity contribution < 1.29 is 4.79 Å². The Hall–Kier alpha value is -0.790. The lowest BCUT2D eigenvalue weighted by Crippen LogP contribution is -2.11. The van der Waals surface area contributed by atoms with E-state index in [0.717, 1.165) is 18.4 Å². The number of carbonyl (C=O) groups is 1. The number of unbranched alkanes of at least 4 members (excludes halogenated alkanes) is 3. The van der Waals surface area contributed by atoms with E-state index >= 15 is 0 Å². The van der Waals surface area contributed by atoms with Crippen molar-refractivity contribution in [2.45, 2.75) is 39.0 Å². The largest absolute Gasteiger partial charge is 0.381 e. The lowest BCUT2D eigenvalue weighted by atomic mass is 10.1. The summed E-state index contributed by atoms with van der Waals surface area (Å²) in [5.74, 6) is 0. The van der Waals surface area contributed by atoms with Gasteiger partial charge in [0.15, 0.2) is 0 Å². The summed E-state index contributed by atoms with van der Waals surface area (Å²) in [6.45, 7) is 2.20. The molecule has 2 heteroatoms. The first-order valence-corrected chi connectivity index (χ1v) is 5.04. The van der Waals surface area contributed by atoms with Gasteiger partial charge < -0.3 is 4.90 Å². The maximum absolute atomic E-state index is 10.3. The van der Waals surface area contributed by atoms with Crippen LogP contribution in [0.1, 0.15) is 39.0 Å². The molecule has 0 aliphatic heterocycles. The Morgan fingerprint density at radius 2 is 1.92 bits per heavy atom. The predicted octanol–water partition coefficient (Wildman–Crippen LogP) is 2.60. The Bertz CT molecular complexity index is 161. The third-order valence-electron chi connectivity index (χ3n) is 2.12. The van der Waals surface area contributed by atoms with E-state index in [2.05, 4.69) is 6.92 Å². The highest BCUT2D eigenvalue weighted by molar-refractivity contribution is 5.65. The average molecular weight is 183 g/mol. The summed E-state index contributed by atoms with van der Waals surface area (Å²) in [6, 6.07) is 0. The molecule has 0 radical (unpaired) electrons. The van der Waals surface area contributed by atoms with Gasteiger partial charge in [-0.25, -0.2) is 0 Å². The van der Waals surface area contributed by atoms with Gasteiger partial charge in [0.25, 0.3) is 0 Å². The summed E-state index contributed by atoms with van der Waals surface area (Å²) in [7, 11) is 3.96. The second-order valence-electron chi connectivity index (χ2n) is 3.50. The number of rotatable bonds is 7. The summed E-state index contributed by atoms with van der Waals surface area (Å²) < 4.78 is 0. The molecule has 0 saturated carbocycles. The first kappa shape index (κ1) is 12.2. The van der Waals surface area contributed by atoms with Crippen molar-refractivity contribution >= 4 is 6.29 Å². The van der Waals surface area contributed by atoms with Gasteiger partial charge in [-0.2, -0.15) is 0 Å². The summed E-state index contributed by atoms with van der Waals surface area (Å²) in [6.07, 6.45) is 8.55. The van der Waals surface area contributed by atoms with Crippen LogP contribution in [0.25, 0.3) is 0 Å². The van der Waals surface area contributed by atoms with E-state index in [4.69, 9.17) is 0 Å². The molecule has 0 saturated heterocycles. The molecule has 0 bridgehead atoms. The molecule has 0 aromatic carbocycles. The average Bonchev–Trinajstić information content (AvgIpc) is 2.10. The van der Waals surface area contributed by atoms with Gasteiger partial charge in [-0.05, 0) is 18.9 Å². The number of hydrogen-bond acceptors (Lipinski definition) is 2. The van der Waals surface area contributed by atoms with Gasteiger partial charge in [0.05, 0.1) is 0 Å². The molecule has 0 N–H and O–H groups in total. The Morgan fingerprint density at radius 3 is 2.38 bits per heavy atom. The Labute approximate surface area is 81.6 Å². The number of carbonyl (C=O) groups excluding carboxylic acids is 1. The van der Waals surface area contributed by atoms with Crippen molar-refractivity contribution in [3.05, 3.63) is 11.8 Å². The van der Waals surface area contributed by atoms with E-state index in [9.17, 15) is 4.79 Å². The van der Waals surface area contributed by atoms with Crippen LogP contribution < -0.4 is 0 Å². The minimum atomic E-state index is 0.870. The van der Waals surface area contributed by atoms with Gasteiger partial charge >= 0.3 is 0 Å². The fraction of sp³-hybridized carbons (Fsp3) is 0.727. The number of hydrogen-bond donors (Lipinski definition) is 0. The van der Waals surface area contributed by atoms with Crippen molar-refractivity contribution in [3.63, 3.8) is 0 Å². The molecule has 0 aliphatic rings. The standard InChI is InChI=1S/C11H21NO/c1-4-5-6-7-8-11(9-10-13)12(2)3/h9-10H,4-8H2,1-3H3/b11-9-. The Kier molecular flexibility index (Phi) is 7.36. The zero-order chi connectivity index (χ0) is 10.1. The highest BCUT2D eigenvalue weighted by Gasteiger charge is 1.98. The number of nitrogens with zero attached hydrogens (tertiary/aromatic N) is 1. The summed E-state index contributed by atoms with van der Waals surface area (Å²) in [5.41, 5.74) is 1.13. The molecule has 13 heavy (non-hydrogen) atoms. The summed E-state index contributed by atoms with van der Waals surface area (Å²) in [5, 5.41) is 0. The Balaban J connectivity index is 3.71. The monoisotopic (exact) mass is 183 g/mol. The molecular weight excluding hydrogens is 162 g/mol. The van der Waals surface area contributed by atoms with E-state index in [0.29, 0.717) is 0 Å². The molecule has 2 nitrogen and oxygen atoms in total. The topological polar surface area (TPSA) is 20.3 Å². The van der Waals surface area contributed by atoms with Crippen LogP contribution in [-0.2, 0) is 4.79 Å². The van der Waals surface area contributed by atoms with Gasteiger partial charge in [0.1, 0.15) is 6.29 Å². The molecule has 0 spiro atoms. The molecule has 0 atom stereocenters. The maximum Gasteiger partial charge on any atom is 0.144 e. The lowest BCUT2D eigenvalue weighted by Gasteiger charge is -2.16. The van der Waals surface area contributed by atoms with Gasteiger partial charge in [0.2, 0.25) is 0 Å². The minimum absolute atomic E-state index is 0.870. The molecule has 0 aromatic rings. The molecular formula is C11H21NO. The number of allylic oxidation sites excluding steroid dienone is 2. The van der Waals surface area contributed by atoms with E-state index in [-0.39, 0.29) is 0 Å². The van der Waals surface area contributed by atoms with Crippen LogP contribution in [0.4, 0.5) is 0 Å². The van der Waals surface area contributed by atoms with Crippen LogP contribution in [0.5, 0.6) is 0 Å². The van der Waals surface area contributed by atoms with Crippen LogP contribution in [-0.4, -0.2) is 25.3 Å². The SMILES string of the molecule is CCCCCC/C(=C/C=O)N(C)C. The highest BCUT2D eigenvalue weighted by atomic mass is 16.1. The quantitative estimate of drug-likeness (QED) is 0.343. The van der Waals surface area contributed by atoms with Crippen molar-refractivity contribution in [2.75, 3.05) is 14.1 Å². The van der Waals surface area contributed by atoms with Crippen LogP contribution >= 0.6 is 0 Å². The van der Waals surface area contributed by atoms with Crippen molar-refractivity contribution in [2.24, 2.45) is 0 Å². The van der Waals surface area contributed by atoms with Crippen molar-refractivity contribution in [1.82, 2.24) is 4.90 Å². The van der Waals surface area contributed by atoms with Crippen LogP contribution in [0.3, 0.4) is 0 Å². The van der Waals surface area contributed by atoms with Crippen LogP contribution in [0.15, 0.2) is 11.8 Å². The maximum atomic E-state index is 10.3. The Morgan fingerprint density at radius 1 is 1.23 bits per heavy atom. The lowest BCUT2D eigenvalue weighted by molar-refractivity contribution is -0.104. The van der Waals surface area contributed by atoms with Crippen molar-refractivity contribution in [3.8, 4) is 0 Å². The summed E-state index contributed by atoms with van der Waals surface area (Å²) in [4.78, 5) is 12.3. The zero-order valence-electron chi connectivity index (χ0n) is 9.05. The zero-order valence-corrected chi connectivity index (χ0v) is 9.05. The minimum Gasteiger partial charge on any atom is -0.381 e. The van der Waals surface area contributed by atoms with E-state index < -0.39 is 0 Å². The summed E-state index contributed by atoms with van der Waals surface area (Å²) >= 11 is 0. The first-order chi connectivity index (χ1) is 6.22. The van der Waals surface area contributed by atoms with Crippen LogP contribution in [0.2, 0.25) is 0 Å². The predicted molar refractivity (Wildman–Crippen MR) is 56.6 cm³/mol. The fourth-order valence-electron chi connectivity index (χ4n) is 1.27. The molecule has 76 valence electrons. The molecule has 0 aliphatic carbocycles. The molecule has 0 amide bonds. The third-order valence-corrected chi connectivity index (χ3v) is 2.12.